The minimum Gasteiger partial charge on any atom is -0.507 e. The smallest absolute Gasteiger partial charge is 0.275 e. The molecule has 3 aromatic rings. The van der Waals surface area contributed by atoms with E-state index in [0.29, 0.717) is 11.1 Å². The van der Waals surface area contributed by atoms with E-state index in [-0.39, 0.29) is 22.8 Å². The van der Waals surface area contributed by atoms with Crippen molar-refractivity contribution >= 4 is 17.8 Å². The fraction of sp³-hybridized carbons (Fsp3) is 0. The third-order valence-corrected chi connectivity index (χ3v) is 3.54. The van der Waals surface area contributed by atoms with Crippen LogP contribution in [0.1, 0.15) is 15.9 Å². The lowest BCUT2D eigenvalue weighted by Gasteiger charge is -2.04. The Morgan fingerprint density at radius 1 is 1.15 bits per heavy atom. The first-order valence-electron chi connectivity index (χ1n) is 7.50. The summed E-state index contributed by atoms with van der Waals surface area (Å²) in [7, 11) is 0. The van der Waals surface area contributed by atoms with Gasteiger partial charge in [0.25, 0.3) is 11.6 Å². The lowest BCUT2D eigenvalue weighted by Crippen LogP contribution is -2.17. The molecule has 0 fully saturated rings. The largest absolute Gasteiger partial charge is 0.507 e. The van der Waals surface area contributed by atoms with Crippen molar-refractivity contribution in [1.82, 2.24) is 5.43 Å². The second kappa shape index (κ2) is 7.31. The Hall–Kier alpha value is -3.94. The zero-order valence-corrected chi connectivity index (χ0v) is 13.3. The maximum atomic E-state index is 12.3. The third-order valence-electron chi connectivity index (χ3n) is 3.54. The highest BCUT2D eigenvalue weighted by atomic mass is 16.6. The Labute approximate surface area is 147 Å². The highest BCUT2D eigenvalue weighted by Crippen LogP contribution is 2.31. The number of furan rings is 1. The fourth-order valence-corrected chi connectivity index (χ4v) is 2.27. The van der Waals surface area contributed by atoms with Gasteiger partial charge in [0, 0.05) is 12.1 Å². The maximum absolute atomic E-state index is 12.3. The Kier molecular flexibility index (Phi) is 4.75. The lowest BCUT2D eigenvalue weighted by atomic mass is 10.1. The van der Waals surface area contributed by atoms with E-state index in [1.54, 1.807) is 18.2 Å². The summed E-state index contributed by atoms with van der Waals surface area (Å²) >= 11 is 0. The fourth-order valence-electron chi connectivity index (χ4n) is 2.27. The van der Waals surface area contributed by atoms with Crippen molar-refractivity contribution < 1.29 is 19.2 Å². The summed E-state index contributed by atoms with van der Waals surface area (Å²) in [6.45, 7) is 0. The normalized spacial score (nSPS) is 10.8. The Morgan fingerprint density at radius 2 is 1.88 bits per heavy atom. The summed E-state index contributed by atoms with van der Waals surface area (Å²) < 4.78 is 5.32. The molecule has 0 aliphatic heterocycles. The Balaban J connectivity index is 1.72. The number of phenolic OH excluding ortho intramolecular Hbond substituents is 1. The van der Waals surface area contributed by atoms with E-state index < -0.39 is 10.8 Å². The summed E-state index contributed by atoms with van der Waals surface area (Å²) in [6, 6.07) is 13.7. The molecule has 0 spiro atoms. The molecule has 0 atom stereocenters. The van der Waals surface area contributed by atoms with Gasteiger partial charge in [-0.25, -0.2) is 5.43 Å². The van der Waals surface area contributed by atoms with Gasteiger partial charge in [-0.2, -0.15) is 5.10 Å². The number of carbonyl (C=O) groups is 1. The predicted molar refractivity (Wildman–Crippen MR) is 94.0 cm³/mol. The molecule has 2 N–H and O–H groups in total. The number of nitrogens with one attached hydrogen (secondary N) is 1. The molecule has 8 nitrogen and oxygen atoms in total. The molecule has 0 aliphatic rings. The number of carbonyl (C=O) groups excluding carboxylic acids is 1. The van der Waals surface area contributed by atoms with Crippen molar-refractivity contribution in [2.75, 3.05) is 0 Å². The van der Waals surface area contributed by atoms with Gasteiger partial charge in [-0.05, 0) is 35.9 Å². The lowest BCUT2D eigenvalue weighted by molar-refractivity contribution is -0.384. The average molecular weight is 351 g/mol. The van der Waals surface area contributed by atoms with E-state index in [1.807, 2.05) is 0 Å². The van der Waals surface area contributed by atoms with Crippen molar-refractivity contribution in [3.8, 4) is 17.1 Å². The van der Waals surface area contributed by atoms with Crippen LogP contribution in [0.4, 0.5) is 5.69 Å². The number of para-hydroxylation sites is 1. The van der Waals surface area contributed by atoms with Crippen LogP contribution in [0, 0.1) is 10.1 Å². The molecule has 130 valence electrons. The van der Waals surface area contributed by atoms with Crippen LogP contribution in [0.15, 0.2) is 70.4 Å². The van der Waals surface area contributed by atoms with Gasteiger partial charge in [-0.3, -0.25) is 14.9 Å². The van der Waals surface area contributed by atoms with Gasteiger partial charge in [0.15, 0.2) is 0 Å². The van der Waals surface area contributed by atoms with Gasteiger partial charge in [0.05, 0.1) is 28.5 Å². The Bertz CT molecular complexity index is 977. The molecular weight excluding hydrogens is 338 g/mol. The first-order chi connectivity index (χ1) is 12.6. The van der Waals surface area contributed by atoms with Crippen molar-refractivity contribution in [1.29, 1.82) is 0 Å². The van der Waals surface area contributed by atoms with Crippen LogP contribution in [-0.4, -0.2) is 22.2 Å². The number of aromatic hydroxyl groups is 1. The van der Waals surface area contributed by atoms with Crippen molar-refractivity contribution in [3.63, 3.8) is 0 Å². The van der Waals surface area contributed by atoms with Gasteiger partial charge in [0.1, 0.15) is 11.5 Å². The summed E-state index contributed by atoms with van der Waals surface area (Å²) in [6.07, 6.45) is 2.71. The minimum atomic E-state index is -0.518. The average Bonchev–Trinajstić information content (AvgIpc) is 3.12. The number of nitro groups is 1. The van der Waals surface area contributed by atoms with Crippen LogP contribution in [0.5, 0.6) is 5.75 Å². The van der Waals surface area contributed by atoms with E-state index >= 15 is 0 Å². The number of rotatable bonds is 5. The first kappa shape index (κ1) is 16.9. The van der Waals surface area contributed by atoms with E-state index in [1.165, 1.54) is 48.9 Å². The van der Waals surface area contributed by atoms with Gasteiger partial charge >= 0.3 is 0 Å². The number of amides is 1. The molecule has 1 heterocycles. The topological polar surface area (TPSA) is 118 Å². The van der Waals surface area contributed by atoms with Gasteiger partial charge in [-0.15, -0.1) is 0 Å². The summed E-state index contributed by atoms with van der Waals surface area (Å²) in [5.74, 6) is -0.299. The van der Waals surface area contributed by atoms with Crippen LogP contribution >= 0.6 is 0 Å². The predicted octanol–water partition coefficient (Wildman–Crippen LogP) is 3.32. The molecule has 0 bridgehead atoms. The molecule has 3 rings (SSSR count). The minimum absolute atomic E-state index is 0.00844. The van der Waals surface area contributed by atoms with Crippen molar-refractivity contribution in [2.45, 2.75) is 0 Å². The summed E-state index contributed by atoms with van der Waals surface area (Å²) in [5, 5.41) is 24.3. The zero-order valence-electron chi connectivity index (χ0n) is 13.3. The van der Waals surface area contributed by atoms with Crippen LogP contribution < -0.4 is 5.43 Å². The second-order valence-corrected chi connectivity index (χ2v) is 5.23. The van der Waals surface area contributed by atoms with Crippen molar-refractivity contribution in [3.05, 3.63) is 82.1 Å². The molecule has 0 saturated heterocycles. The molecule has 1 aromatic heterocycles. The SMILES string of the molecule is O=C(N/N=C\c1ccc([N+](=O)[O-])cc1)c1ccoc1-c1ccccc1O. The van der Waals surface area contributed by atoms with Gasteiger partial charge in [0.2, 0.25) is 0 Å². The number of benzene rings is 2. The molecule has 0 radical (unpaired) electrons. The number of hydrazone groups is 1. The van der Waals surface area contributed by atoms with Crippen LogP contribution in [-0.2, 0) is 0 Å². The summed E-state index contributed by atoms with van der Waals surface area (Å²) in [4.78, 5) is 22.4. The molecular formula is C18H13N3O5. The van der Waals surface area contributed by atoms with E-state index in [2.05, 4.69) is 10.5 Å². The highest BCUT2D eigenvalue weighted by Gasteiger charge is 2.18. The highest BCUT2D eigenvalue weighted by molar-refractivity contribution is 6.00. The molecule has 0 aliphatic carbocycles. The molecule has 1 amide bonds. The second-order valence-electron chi connectivity index (χ2n) is 5.23. The molecule has 8 heteroatoms. The number of non-ortho nitro benzene ring substituents is 1. The van der Waals surface area contributed by atoms with Crippen molar-refractivity contribution in [2.24, 2.45) is 5.10 Å². The van der Waals surface area contributed by atoms with Crippen LogP contribution in [0.25, 0.3) is 11.3 Å². The number of nitro benzene ring substituents is 1. The maximum Gasteiger partial charge on any atom is 0.275 e. The van der Waals surface area contributed by atoms with E-state index in [0.717, 1.165) is 0 Å². The number of phenols is 1. The standard InChI is InChI=1S/C18H13N3O5/c22-16-4-2-1-3-14(16)17-15(9-10-26-17)18(23)20-19-11-12-5-7-13(8-6-12)21(24)25/h1-11,22H,(H,20,23)/b19-11-. The van der Waals surface area contributed by atoms with Gasteiger partial charge in [-0.1, -0.05) is 12.1 Å². The molecule has 0 unspecified atom stereocenters. The molecule has 26 heavy (non-hydrogen) atoms. The van der Waals surface area contributed by atoms with Gasteiger partial charge < -0.3 is 9.52 Å². The zero-order chi connectivity index (χ0) is 18.5. The first-order valence-corrected chi connectivity index (χ1v) is 7.50. The van der Waals surface area contributed by atoms with E-state index in [4.69, 9.17) is 4.42 Å². The third kappa shape index (κ3) is 3.59. The quantitative estimate of drug-likeness (QED) is 0.415. The van der Waals surface area contributed by atoms with Crippen LogP contribution in [0.2, 0.25) is 0 Å². The molecule has 0 saturated carbocycles. The van der Waals surface area contributed by atoms with Crippen LogP contribution in [0.3, 0.4) is 0 Å². The Morgan fingerprint density at radius 3 is 2.58 bits per heavy atom. The number of nitrogens with zero attached hydrogens (tertiary/aromatic N) is 2. The number of hydrogen-bond donors (Lipinski definition) is 2. The number of hydrogen-bond acceptors (Lipinski definition) is 6. The molecule has 2 aromatic carbocycles. The monoisotopic (exact) mass is 351 g/mol. The van der Waals surface area contributed by atoms with E-state index in [9.17, 15) is 20.0 Å². The summed E-state index contributed by atoms with van der Waals surface area (Å²) in [5.41, 5.74) is 3.52.